The van der Waals surface area contributed by atoms with Gasteiger partial charge in [-0.1, -0.05) is 6.07 Å². The van der Waals surface area contributed by atoms with Crippen LogP contribution < -0.4 is 25.7 Å². The Bertz CT molecular complexity index is 1410. The monoisotopic (exact) mass is 544 g/mol. The van der Waals surface area contributed by atoms with E-state index in [9.17, 15) is 23.2 Å². The lowest BCUT2D eigenvalue weighted by Gasteiger charge is -2.29. The summed E-state index contributed by atoms with van der Waals surface area (Å²) in [4.78, 5) is 43.4. The number of nitrogens with zero attached hydrogens (tertiary/aromatic N) is 1. The van der Waals surface area contributed by atoms with Crippen molar-refractivity contribution < 1.29 is 33.0 Å². The standard InChI is InChI=1S/C27H30F2N4O6/c1-38-21-12-16(4-7-18(21)28)13-30-27(37)25-32-20-9-8-19(29)24(23(20)26(36)33-25)39-11-10-15-2-5-17(6-3-15)31-22(35)14-34/h4,7-9,12,15,17,34H,2-3,5-6,10-11,13-14H2,1H3,(H,30,37)(H,31,35)(H,32,33,36). The first kappa shape index (κ1) is 28.0. The maximum atomic E-state index is 14.6. The molecule has 0 radical (unpaired) electrons. The van der Waals surface area contributed by atoms with E-state index < -0.39 is 29.7 Å². The highest BCUT2D eigenvalue weighted by atomic mass is 19.1. The molecule has 3 aromatic rings. The second kappa shape index (κ2) is 12.7. The van der Waals surface area contributed by atoms with Crippen LogP contribution in [0.15, 0.2) is 35.1 Å². The number of fused-ring (bicyclic) bond motifs is 1. The number of nitrogens with one attached hydrogen (secondary N) is 3. The molecule has 4 N–H and O–H groups in total. The van der Waals surface area contributed by atoms with Gasteiger partial charge in [-0.15, -0.1) is 0 Å². The van der Waals surface area contributed by atoms with E-state index in [0.29, 0.717) is 17.9 Å². The minimum atomic E-state index is -0.719. The van der Waals surface area contributed by atoms with Gasteiger partial charge in [0.25, 0.3) is 11.5 Å². The highest BCUT2D eigenvalue weighted by Crippen LogP contribution is 2.29. The van der Waals surface area contributed by atoms with Gasteiger partial charge in [-0.25, -0.2) is 13.8 Å². The number of carbonyl (C=O) groups excluding carboxylic acids is 2. The number of aromatic amines is 1. The van der Waals surface area contributed by atoms with Gasteiger partial charge in [0.2, 0.25) is 5.91 Å². The zero-order valence-electron chi connectivity index (χ0n) is 21.4. The smallest absolute Gasteiger partial charge is 0.287 e. The van der Waals surface area contributed by atoms with Gasteiger partial charge < -0.3 is 30.2 Å². The molecule has 12 heteroatoms. The van der Waals surface area contributed by atoms with Crippen molar-refractivity contribution in [2.45, 2.75) is 44.7 Å². The van der Waals surface area contributed by atoms with Crippen molar-refractivity contribution in [2.75, 3.05) is 20.3 Å². The van der Waals surface area contributed by atoms with E-state index in [0.717, 1.165) is 31.7 Å². The van der Waals surface area contributed by atoms with Gasteiger partial charge in [-0.05, 0) is 67.9 Å². The summed E-state index contributed by atoms with van der Waals surface area (Å²) in [6, 6.07) is 6.62. The lowest BCUT2D eigenvalue weighted by molar-refractivity contribution is -0.124. The number of amides is 2. The molecule has 1 aliphatic rings. The van der Waals surface area contributed by atoms with E-state index in [1.165, 1.54) is 31.4 Å². The summed E-state index contributed by atoms with van der Waals surface area (Å²) in [7, 11) is 1.33. The van der Waals surface area contributed by atoms with Crippen molar-refractivity contribution in [1.29, 1.82) is 0 Å². The number of ether oxygens (including phenoxy) is 2. The number of halogens is 2. The van der Waals surface area contributed by atoms with Gasteiger partial charge >= 0.3 is 0 Å². The highest BCUT2D eigenvalue weighted by Gasteiger charge is 2.23. The quantitative estimate of drug-likeness (QED) is 0.307. The van der Waals surface area contributed by atoms with E-state index in [1.807, 2.05) is 0 Å². The van der Waals surface area contributed by atoms with Crippen molar-refractivity contribution in [1.82, 2.24) is 20.6 Å². The van der Waals surface area contributed by atoms with Crippen LogP contribution in [0.2, 0.25) is 0 Å². The number of rotatable bonds is 10. The van der Waals surface area contributed by atoms with Gasteiger partial charge in [0.15, 0.2) is 29.0 Å². The van der Waals surface area contributed by atoms with E-state index in [-0.39, 0.29) is 53.3 Å². The zero-order chi connectivity index (χ0) is 27.9. The molecule has 10 nitrogen and oxygen atoms in total. The van der Waals surface area contributed by atoms with Crippen LogP contribution >= 0.6 is 0 Å². The summed E-state index contributed by atoms with van der Waals surface area (Å²) < 4.78 is 38.9. The topological polar surface area (TPSA) is 143 Å². The number of methoxy groups -OCH3 is 1. The molecule has 0 saturated heterocycles. The van der Waals surface area contributed by atoms with Crippen LogP contribution in [-0.4, -0.2) is 53.3 Å². The Kier molecular flexibility index (Phi) is 9.07. The Labute approximate surface area is 222 Å². The summed E-state index contributed by atoms with van der Waals surface area (Å²) in [6.07, 6.45) is 3.90. The third-order valence-electron chi connectivity index (χ3n) is 6.79. The molecule has 0 spiro atoms. The number of hydrogen-bond acceptors (Lipinski definition) is 7. The summed E-state index contributed by atoms with van der Waals surface area (Å²) in [5.74, 6) is -2.44. The van der Waals surface area contributed by atoms with Crippen molar-refractivity contribution in [3.05, 3.63) is 63.7 Å². The molecule has 0 aliphatic heterocycles. The van der Waals surface area contributed by atoms with Crippen molar-refractivity contribution in [3.63, 3.8) is 0 Å². The largest absolute Gasteiger partial charge is 0.494 e. The molecule has 0 atom stereocenters. The van der Waals surface area contributed by atoms with E-state index >= 15 is 0 Å². The second-order valence-electron chi connectivity index (χ2n) is 9.42. The average molecular weight is 545 g/mol. The number of benzene rings is 2. The molecule has 208 valence electrons. The van der Waals surface area contributed by atoms with Crippen molar-refractivity contribution in [2.24, 2.45) is 5.92 Å². The third kappa shape index (κ3) is 6.88. The van der Waals surface area contributed by atoms with Gasteiger partial charge in [0.05, 0.1) is 19.2 Å². The number of aromatic nitrogens is 2. The van der Waals surface area contributed by atoms with Crippen LogP contribution in [-0.2, 0) is 11.3 Å². The first-order valence-electron chi connectivity index (χ1n) is 12.6. The SMILES string of the molecule is COc1cc(CNC(=O)c2nc3ccc(F)c(OCCC4CCC(NC(=O)CO)CC4)c3c(=O)[nH]2)ccc1F. The van der Waals surface area contributed by atoms with Gasteiger partial charge in [0, 0.05) is 12.6 Å². The Balaban J connectivity index is 1.39. The maximum absolute atomic E-state index is 14.6. The number of aliphatic hydroxyl groups is 1. The predicted molar refractivity (Wildman–Crippen MR) is 138 cm³/mol. The molecule has 0 bridgehead atoms. The molecule has 1 aliphatic carbocycles. The second-order valence-corrected chi connectivity index (χ2v) is 9.42. The predicted octanol–water partition coefficient (Wildman–Crippen LogP) is 2.58. The number of hydrogen-bond donors (Lipinski definition) is 4. The molecule has 1 aromatic heterocycles. The van der Waals surface area contributed by atoms with Gasteiger partial charge in [0.1, 0.15) is 12.0 Å². The minimum Gasteiger partial charge on any atom is -0.494 e. The van der Waals surface area contributed by atoms with E-state index in [4.69, 9.17) is 14.6 Å². The Morgan fingerprint density at radius 1 is 1.13 bits per heavy atom. The zero-order valence-corrected chi connectivity index (χ0v) is 21.4. The fraction of sp³-hybridized carbons (Fsp3) is 0.407. The van der Waals surface area contributed by atoms with E-state index in [2.05, 4.69) is 20.6 Å². The Morgan fingerprint density at radius 2 is 1.87 bits per heavy atom. The fourth-order valence-electron chi connectivity index (χ4n) is 4.70. The first-order chi connectivity index (χ1) is 18.8. The van der Waals surface area contributed by atoms with E-state index in [1.54, 1.807) is 0 Å². The summed E-state index contributed by atoms with van der Waals surface area (Å²) in [6.45, 7) is -0.321. The lowest BCUT2D eigenvalue weighted by atomic mass is 9.84. The molecular weight excluding hydrogens is 514 g/mol. The normalized spacial score (nSPS) is 17.0. The molecule has 2 amide bonds. The molecule has 0 unspecified atom stereocenters. The molecule has 4 rings (SSSR count). The average Bonchev–Trinajstić information content (AvgIpc) is 2.94. The molecule has 1 saturated carbocycles. The van der Waals surface area contributed by atoms with Crippen LogP contribution in [0.3, 0.4) is 0 Å². The third-order valence-corrected chi connectivity index (χ3v) is 6.79. The Morgan fingerprint density at radius 3 is 2.59 bits per heavy atom. The number of H-pyrrole nitrogens is 1. The van der Waals surface area contributed by atoms with Crippen molar-refractivity contribution >= 4 is 22.7 Å². The van der Waals surface area contributed by atoms with Crippen LogP contribution in [0.1, 0.15) is 48.3 Å². The van der Waals surface area contributed by atoms with Crippen LogP contribution in [0.25, 0.3) is 10.9 Å². The number of aliphatic hydroxyl groups excluding tert-OH is 1. The van der Waals surface area contributed by atoms with Crippen molar-refractivity contribution in [3.8, 4) is 11.5 Å². The summed E-state index contributed by atoms with van der Waals surface area (Å²) in [5, 5.41) is 14.2. The highest BCUT2D eigenvalue weighted by molar-refractivity contribution is 5.93. The summed E-state index contributed by atoms with van der Waals surface area (Å²) >= 11 is 0. The molecule has 1 heterocycles. The van der Waals surface area contributed by atoms with Gasteiger partial charge in [-0.2, -0.15) is 0 Å². The molecule has 1 fully saturated rings. The Hall–Kier alpha value is -4.06. The fourth-order valence-corrected chi connectivity index (χ4v) is 4.70. The van der Waals surface area contributed by atoms with Crippen LogP contribution in [0.5, 0.6) is 11.5 Å². The van der Waals surface area contributed by atoms with Crippen LogP contribution in [0.4, 0.5) is 8.78 Å². The first-order valence-corrected chi connectivity index (χ1v) is 12.6. The maximum Gasteiger partial charge on any atom is 0.287 e. The van der Waals surface area contributed by atoms with Gasteiger partial charge in [-0.3, -0.25) is 14.4 Å². The minimum absolute atomic E-state index is 0.0325. The molecule has 2 aromatic carbocycles. The number of carbonyl (C=O) groups is 2. The van der Waals surface area contributed by atoms with Crippen LogP contribution in [0, 0.1) is 17.6 Å². The summed E-state index contributed by atoms with van der Waals surface area (Å²) in [5.41, 5.74) is -0.0435. The molecule has 39 heavy (non-hydrogen) atoms. The molecular formula is C27H30F2N4O6. The lowest BCUT2D eigenvalue weighted by Crippen LogP contribution is -2.39.